The van der Waals surface area contributed by atoms with Crippen LogP contribution in [0.3, 0.4) is 0 Å². The topological polar surface area (TPSA) is 81.5 Å². The van der Waals surface area contributed by atoms with Gasteiger partial charge in [-0.25, -0.2) is 0 Å². The fourth-order valence-electron chi connectivity index (χ4n) is 2.34. The highest BCUT2D eigenvalue weighted by Gasteiger charge is 2.18. The number of ether oxygens (including phenoxy) is 1. The zero-order valence-electron chi connectivity index (χ0n) is 11.5. The molecule has 7 heteroatoms. The van der Waals surface area contributed by atoms with Gasteiger partial charge in [-0.3, -0.25) is 14.9 Å². The van der Waals surface area contributed by atoms with E-state index in [0.717, 1.165) is 25.0 Å². The molecule has 1 N–H and O–H groups in total. The first-order valence-corrected chi connectivity index (χ1v) is 6.91. The summed E-state index contributed by atoms with van der Waals surface area (Å²) in [6.45, 7) is 0.722. The van der Waals surface area contributed by atoms with Crippen LogP contribution in [-0.4, -0.2) is 30.1 Å². The second kappa shape index (κ2) is 7.12. The molecule has 1 fully saturated rings. The van der Waals surface area contributed by atoms with Crippen molar-refractivity contribution in [1.82, 2.24) is 5.32 Å². The number of halogens is 1. The van der Waals surface area contributed by atoms with Gasteiger partial charge in [-0.1, -0.05) is 12.8 Å². The lowest BCUT2D eigenvalue weighted by Crippen LogP contribution is -2.28. The van der Waals surface area contributed by atoms with Crippen molar-refractivity contribution in [1.29, 1.82) is 0 Å². The van der Waals surface area contributed by atoms with E-state index >= 15 is 0 Å². The van der Waals surface area contributed by atoms with Crippen LogP contribution < -0.4 is 5.32 Å². The maximum atomic E-state index is 13.2. The van der Waals surface area contributed by atoms with E-state index in [4.69, 9.17) is 4.74 Å². The van der Waals surface area contributed by atoms with Gasteiger partial charge >= 0.3 is 5.69 Å². The van der Waals surface area contributed by atoms with Crippen molar-refractivity contribution in [3.05, 3.63) is 39.7 Å². The third-order valence-electron chi connectivity index (χ3n) is 3.45. The van der Waals surface area contributed by atoms with Crippen LogP contribution in [0.2, 0.25) is 0 Å². The van der Waals surface area contributed by atoms with Crippen LogP contribution in [0.25, 0.3) is 0 Å². The quantitative estimate of drug-likeness (QED) is 0.496. The van der Waals surface area contributed by atoms with E-state index in [0.29, 0.717) is 13.2 Å². The summed E-state index contributed by atoms with van der Waals surface area (Å²) in [6.07, 6.45) is 4.73. The highest BCUT2D eigenvalue weighted by atomic mass is 19.1. The summed E-state index contributed by atoms with van der Waals surface area (Å²) in [5.74, 6) is -1.44. The predicted molar refractivity (Wildman–Crippen MR) is 73.6 cm³/mol. The molecule has 0 unspecified atom stereocenters. The Hall–Kier alpha value is -2.02. The van der Waals surface area contributed by atoms with Crippen molar-refractivity contribution in [2.75, 3.05) is 13.2 Å². The number of carbonyl (C=O) groups is 1. The van der Waals surface area contributed by atoms with E-state index in [2.05, 4.69) is 5.32 Å². The average molecular weight is 296 g/mol. The molecular formula is C14H17FN2O4. The van der Waals surface area contributed by atoms with Gasteiger partial charge in [0, 0.05) is 18.2 Å². The maximum absolute atomic E-state index is 13.2. The third kappa shape index (κ3) is 4.22. The van der Waals surface area contributed by atoms with Crippen molar-refractivity contribution < 1.29 is 18.8 Å². The summed E-state index contributed by atoms with van der Waals surface area (Å²) < 4.78 is 18.8. The fraction of sp³-hybridized carbons (Fsp3) is 0.500. The minimum absolute atomic E-state index is 0.0592. The lowest BCUT2D eigenvalue weighted by atomic mass is 10.2. The normalized spacial score (nSPS) is 15.1. The Morgan fingerprint density at radius 2 is 2.14 bits per heavy atom. The molecule has 0 radical (unpaired) electrons. The molecule has 1 aromatic rings. The largest absolute Gasteiger partial charge is 0.376 e. The molecule has 1 aliphatic carbocycles. The van der Waals surface area contributed by atoms with Gasteiger partial charge in [-0.15, -0.1) is 0 Å². The van der Waals surface area contributed by atoms with Crippen LogP contribution >= 0.6 is 0 Å². The van der Waals surface area contributed by atoms with Gasteiger partial charge in [-0.2, -0.15) is 4.39 Å². The molecule has 0 spiro atoms. The molecule has 6 nitrogen and oxygen atoms in total. The van der Waals surface area contributed by atoms with Gasteiger partial charge in [0.2, 0.25) is 5.82 Å². The second-order valence-corrected chi connectivity index (χ2v) is 4.96. The smallest absolute Gasteiger partial charge is 0.305 e. The molecule has 0 aromatic heterocycles. The van der Waals surface area contributed by atoms with Gasteiger partial charge in [0.1, 0.15) is 0 Å². The molecule has 1 aromatic carbocycles. The molecular weight excluding hydrogens is 279 g/mol. The van der Waals surface area contributed by atoms with Crippen LogP contribution in [0.15, 0.2) is 18.2 Å². The number of nitrogens with one attached hydrogen (secondary N) is 1. The molecule has 0 saturated heterocycles. The summed E-state index contributed by atoms with van der Waals surface area (Å²) in [5.41, 5.74) is -0.645. The van der Waals surface area contributed by atoms with Crippen LogP contribution in [-0.2, 0) is 4.74 Å². The number of amides is 1. The van der Waals surface area contributed by atoms with Crippen LogP contribution in [0.5, 0.6) is 0 Å². The number of hydrogen-bond acceptors (Lipinski definition) is 4. The first-order chi connectivity index (χ1) is 10.1. The monoisotopic (exact) mass is 296 g/mol. The maximum Gasteiger partial charge on any atom is 0.305 e. The Labute approximate surface area is 121 Å². The minimum atomic E-state index is -0.957. The van der Waals surface area contributed by atoms with Crippen molar-refractivity contribution in [2.45, 2.75) is 31.8 Å². The Bertz CT molecular complexity index is 530. The van der Waals surface area contributed by atoms with Crippen molar-refractivity contribution >= 4 is 11.6 Å². The van der Waals surface area contributed by atoms with Gasteiger partial charge in [0.25, 0.3) is 5.91 Å². The lowest BCUT2D eigenvalue weighted by Gasteiger charge is -2.11. The van der Waals surface area contributed by atoms with E-state index < -0.39 is 22.3 Å². The molecule has 1 aliphatic rings. The minimum Gasteiger partial charge on any atom is -0.376 e. The SMILES string of the molecule is O=C(NCCOC1CCCC1)c1ccc(F)c([N+](=O)[O-])c1. The molecule has 1 saturated carbocycles. The Morgan fingerprint density at radius 1 is 1.43 bits per heavy atom. The molecule has 1 amide bonds. The number of nitro benzene ring substituents is 1. The van der Waals surface area contributed by atoms with Gasteiger partial charge in [0.05, 0.1) is 17.6 Å². The third-order valence-corrected chi connectivity index (χ3v) is 3.45. The first-order valence-electron chi connectivity index (χ1n) is 6.91. The Balaban J connectivity index is 1.82. The first kappa shape index (κ1) is 15.4. The van der Waals surface area contributed by atoms with Crippen molar-refractivity contribution in [2.24, 2.45) is 0 Å². The Kier molecular flexibility index (Phi) is 5.21. The number of nitro groups is 1. The number of carbonyl (C=O) groups excluding carboxylic acids is 1. The number of nitrogens with zero attached hydrogens (tertiary/aromatic N) is 1. The summed E-state index contributed by atoms with van der Waals surface area (Å²) in [7, 11) is 0. The van der Waals surface area contributed by atoms with Gasteiger partial charge in [-0.05, 0) is 25.0 Å². The fourth-order valence-corrected chi connectivity index (χ4v) is 2.34. The Morgan fingerprint density at radius 3 is 2.81 bits per heavy atom. The molecule has 0 atom stereocenters. The predicted octanol–water partition coefficient (Wildman–Crippen LogP) is 2.42. The molecule has 0 aliphatic heterocycles. The molecule has 114 valence electrons. The van der Waals surface area contributed by atoms with Gasteiger partial charge < -0.3 is 10.1 Å². The van der Waals surface area contributed by atoms with E-state index in [9.17, 15) is 19.3 Å². The summed E-state index contributed by atoms with van der Waals surface area (Å²) in [4.78, 5) is 21.6. The van der Waals surface area contributed by atoms with Crippen LogP contribution in [0.4, 0.5) is 10.1 Å². The lowest BCUT2D eigenvalue weighted by molar-refractivity contribution is -0.387. The van der Waals surface area contributed by atoms with Crippen LogP contribution in [0.1, 0.15) is 36.0 Å². The van der Waals surface area contributed by atoms with E-state index in [1.807, 2.05) is 0 Å². The summed E-state index contributed by atoms with van der Waals surface area (Å²) in [5, 5.41) is 13.2. The summed E-state index contributed by atoms with van der Waals surface area (Å²) in [6, 6.07) is 3.07. The van der Waals surface area contributed by atoms with E-state index in [-0.39, 0.29) is 11.7 Å². The molecule has 0 bridgehead atoms. The zero-order valence-corrected chi connectivity index (χ0v) is 11.5. The molecule has 0 heterocycles. The molecule has 2 rings (SSSR count). The highest BCUT2D eigenvalue weighted by molar-refractivity contribution is 5.94. The van der Waals surface area contributed by atoms with Crippen molar-refractivity contribution in [3.63, 3.8) is 0 Å². The van der Waals surface area contributed by atoms with Crippen LogP contribution in [0, 0.1) is 15.9 Å². The number of rotatable bonds is 6. The zero-order chi connectivity index (χ0) is 15.2. The second-order valence-electron chi connectivity index (χ2n) is 4.96. The summed E-state index contributed by atoms with van der Waals surface area (Å²) >= 11 is 0. The standard InChI is InChI=1S/C14H17FN2O4/c15-12-6-5-10(9-13(12)17(19)20)14(18)16-7-8-21-11-3-1-2-4-11/h5-6,9,11H,1-4,7-8H2,(H,16,18). The number of hydrogen-bond donors (Lipinski definition) is 1. The van der Waals surface area contributed by atoms with Gasteiger partial charge in [0.15, 0.2) is 0 Å². The van der Waals surface area contributed by atoms with E-state index in [1.165, 1.54) is 18.9 Å². The average Bonchev–Trinajstić information content (AvgIpc) is 2.96. The van der Waals surface area contributed by atoms with Crippen molar-refractivity contribution in [3.8, 4) is 0 Å². The number of benzene rings is 1. The molecule has 21 heavy (non-hydrogen) atoms. The highest BCUT2D eigenvalue weighted by Crippen LogP contribution is 2.20. The van der Waals surface area contributed by atoms with E-state index in [1.54, 1.807) is 0 Å².